The summed E-state index contributed by atoms with van der Waals surface area (Å²) >= 11 is 0. The molecule has 0 amide bonds. The summed E-state index contributed by atoms with van der Waals surface area (Å²) in [5.41, 5.74) is 3.83. The molecule has 86 valence electrons. The summed E-state index contributed by atoms with van der Waals surface area (Å²) in [6.07, 6.45) is 3.79. The highest BCUT2D eigenvalue weighted by atomic mass is 16.5. The Morgan fingerprint density at radius 1 is 1.19 bits per heavy atom. The van der Waals surface area contributed by atoms with E-state index in [0.717, 1.165) is 25.0 Å². The van der Waals surface area contributed by atoms with Crippen LogP contribution in [0.15, 0.2) is 12.1 Å². The van der Waals surface area contributed by atoms with Crippen molar-refractivity contribution in [1.29, 1.82) is 5.26 Å². The molecule has 0 aliphatic rings. The fourth-order valence-corrected chi connectivity index (χ4v) is 1.86. The molecule has 0 bridgehead atoms. The molecule has 2 nitrogen and oxygen atoms in total. The van der Waals surface area contributed by atoms with Crippen molar-refractivity contribution in [3.63, 3.8) is 0 Å². The Kier molecular flexibility index (Phi) is 4.85. The minimum atomic E-state index is 0.661. The number of hydrogen-bond acceptors (Lipinski definition) is 2. The van der Waals surface area contributed by atoms with E-state index in [1.54, 1.807) is 7.11 Å². The van der Waals surface area contributed by atoms with Crippen molar-refractivity contribution >= 4 is 0 Å². The fourth-order valence-electron chi connectivity index (χ4n) is 1.86. The van der Waals surface area contributed by atoms with E-state index >= 15 is 0 Å². The van der Waals surface area contributed by atoms with E-state index in [4.69, 9.17) is 10.00 Å². The van der Waals surface area contributed by atoms with Crippen LogP contribution in [0.2, 0.25) is 0 Å². The monoisotopic (exact) mass is 217 g/mol. The number of rotatable bonds is 5. The summed E-state index contributed by atoms with van der Waals surface area (Å²) in [6, 6.07) is 6.47. The lowest BCUT2D eigenvalue weighted by Gasteiger charge is -2.10. The maximum Gasteiger partial charge on any atom is 0.122 e. The van der Waals surface area contributed by atoms with Gasteiger partial charge in [-0.25, -0.2) is 0 Å². The van der Waals surface area contributed by atoms with Gasteiger partial charge < -0.3 is 4.74 Å². The van der Waals surface area contributed by atoms with Gasteiger partial charge in [-0.15, -0.1) is 0 Å². The zero-order valence-electron chi connectivity index (χ0n) is 10.3. The standard InChI is InChI=1S/C14H19NO/c1-11-10-14(16-3)12(2)9-13(11)7-5-4-6-8-15/h9-10H,4-7H2,1-3H3. The third-order valence-electron chi connectivity index (χ3n) is 2.84. The molecule has 0 fully saturated rings. The number of hydrogen-bond donors (Lipinski definition) is 0. The van der Waals surface area contributed by atoms with Crippen molar-refractivity contribution in [3.05, 3.63) is 28.8 Å². The van der Waals surface area contributed by atoms with E-state index in [2.05, 4.69) is 32.0 Å². The van der Waals surface area contributed by atoms with Gasteiger partial charge >= 0.3 is 0 Å². The molecule has 0 aliphatic heterocycles. The number of aryl methyl sites for hydroxylation is 3. The van der Waals surface area contributed by atoms with Crippen LogP contribution in [0.25, 0.3) is 0 Å². The average Bonchev–Trinajstić information content (AvgIpc) is 2.28. The quantitative estimate of drug-likeness (QED) is 0.707. The molecule has 1 aromatic rings. The normalized spacial score (nSPS) is 9.88. The lowest BCUT2D eigenvalue weighted by molar-refractivity contribution is 0.411. The highest BCUT2D eigenvalue weighted by Gasteiger charge is 2.04. The second kappa shape index (κ2) is 6.17. The molecule has 0 atom stereocenters. The third kappa shape index (κ3) is 3.27. The van der Waals surface area contributed by atoms with Crippen molar-refractivity contribution < 1.29 is 4.74 Å². The van der Waals surface area contributed by atoms with Crippen LogP contribution in [0, 0.1) is 25.2 Å². The molecule has 0 unspecified atom stereocenters. The summed E-state index contributed by atoms with van der Waals surface area (Å²) < 4.78 is 5.28. The molecule has 0 saturated heterocycles. The predicted molar refractivity (Wildman–Crippen MR) is 65.6 cm³/mol. The number of unbranched alkanes of at least 4 members (excludes halogenated alkanes) is 2. The molecule has 16 heavy (non-hydrogen) atoms. The minimum absolute atomic E-state index is 0.661. The van der Waals surface area contributed by atoms with Crippen LogP contribution in [-0.4, -0.2) is 7.11 Å². The number of nitriles is 1. The maximum atomic E-state index is 8.46. The highest BCUT2D eigenvalue weighted by Crippen LogP contribution is 2.23. The minimum Gasteiger partial charge on any atom is -0.496 e. The molecule has 0 N–H and O–H groups in total. The van der Waals surface area contributed by atoms with Gasteiger partial charge in [-0.05, 0) is 55.9 Å². The molecular weight excluding hydrogens is 198 g/mol. The molecule has 0 aromatic heterocycles. The van der Waals surface area contributed by atoms with Crippen molar-refractivity contribution in [2.45, 2.75) is 39.5 Å². The summed E-state index contributed by atoms with van der Waals surface area (Å²) in [4.78, 5) is 0. The highest BCUT2D eigenvalue weighted by molar-refractivity contribution is 5.41. The average molecular weight is 217 g/mol. The molecule has 2 heteroatoms. The lowest BCUT2D eigenvalue weighted by atomic mass is 9.99. The van der Waals surface area contributed by atoms with Gasteiger partial charge in [0.2, 0.25) is 0 Å². The van der Waals surface area contributed by atoms with E-state index in [1.807, 2.05) is 0 Å². The van der Waals surface area contributed by atoms with Crippen molar-refractivity contribution in [1.82, 2.24) is 0 Å². The maximum absolute atomic E-state index is 8.46. The van der Waals surface area contributed by atoms with Gasteiger partial charge in [0.05, 0.1) is 13.2 Å². The van der Waals surface area contributed by atoms with E-state index in [0.29, 0.717) is 6.42 Å². The largest absolute Gasteiger partial charge is 0.496 e. The van der Waals surface area contributed by atoms with Crippen LogP contribution in [0.4, 0.5) is 0 Å². The topological polar surface area (TPSA) is 33.0 Å². The van der Waals surface area contributed by atoms with E-state index in [9.17, 15) is 0 Å². The molecular formula is C14H19NO. The van der Waals surface area contributed by atoms with Crippen LogP contribution < -0.4 is 4.74 Å². The number of ether oxygens (including phenoxy) is 1. The second-order valence-corrected chi connectivity index (χ2v) is 4.11. The van der Waals surface area contributed by atoms with Crippen molar-refractivity contribution in [2.24, 2.45) is 0 Å². The number of methoxy groups -OCH3 is 1. The van der Waals surface area contributed by atoms with Crippen molar-refractivity contribution in [3.8, 4) is 11.8 Å². The van der Waals surface area contributed by atoms with Crippen LogP contribution >= 0.6 is 0 Å². The van der Waals surface area contributed by atoms with Gasteiger partial charge in [0.25, 0.3) is 0 Å². The second-order valence-electron chi connectivity index (χ2n) is 4.11. The Morgan fingerprint density at radius 3 is 2.56 bits per heavy atom. The van der Waals surface area contributed by atoms with Gasteiger partial charge in [0.1, 0.15) is 5.75 Å². The molecule has 0 saturated carbocycles. The molecule has 0 spiro atoms. The number of benzene rings is 1. The molecule has 1 aromatic carbocycles. The third-order valence-corrected chi connectivity index (χ3v) is 2.84. The van der Waals surface area contributed by atoms with E-state index in [1.165, 1.54) is 16.7 Å². The Bertz CT molecular complexity index is 390. The van der Waals surface area contributed by atoms with Crippen molar-refractivity contribution in [2.75, 3.05) is 7.11 Å². The van der Waals surface area contributed by atoms with Gasteiger partial charge in [-0.1, -0.05) is 6.07 Å². The van der Waals surface area contributed by atoms with E-state index < -0.39 is 0 Å². The first kappa shape index (κ1) is 12.6. The first-order valence-corrected chi connectivity index (χ1v) is 5.70. The fraction of sp³-hybridized carbons (Fsp3) is 0.500. The zero-order chi connectivity index (χ0) is 12.0. The van der Waals surface area contributed by atoms with Gasteiger partial charge in [-0.3, -0.25) is 0 Å². The molecule has 0 aliphatic carbocycles. The first-order valence-electron chi connectivity index (χ1n) is 5.70. The van der Waals surface area contributed by atoms with Crippen LogP contribution in [0.5, 0.6) is 5.75 Å². The summed E-state index contributed by atoms with van der Waals surface area (Å²) in [5, 5.41) is 8.46. The van der Waals surface area contributed by atoms with Gasteiger partial charge in [-0.2, -0.15) is 5.26 Å². The molecule has 1 rings (SSSR count). The Labute approximate surface area is 97.9 Å². The lowest BCUT2D eigenvalue weighted by Crippen LogP contribution is -1.95. The summed E-state index contributed by atoms with van der Waals surface area (Å²) in [6.45, 7) is 4.18. The molecule has 0 heterocycles. The van der Waals surface area contributed by atoms with Crippen LogP contribution in [0.3, 0.4) is 0 Å². The van der Waals surface area contributed by atoms with E-state index in [-0.39, 0.29) is 0 Å². The zero-order valence-corrected chi connectivity index (χ0v) is 10.3. The Hall–Kier alpha value is -1.49. The van der Waals surface area contributed by atoms with Crippen LogP contribution in [0.1, 0.15) is 36.0 Å². The number of nitrogens with zero attached hydrogens (tertiary/aromatic N) is 1. The molecule has 0 radical (unpaired) electrons. The summed E-state index contributed by atoms with van der Waals surface area (Å²) in [7, 11) is 1.70. The first-order chi connectivity index (χ1) is 7.69. The van der Waals surface area contributed by atoms with Gasteiger partial charge in [0, 0.05) is 6.42 Å². The summed E-state index contributed by atoms with van der Waals surface area (Å²) in [5.74, 6) is 0.957. The predicted octanol–water partition coefficient (Wildman–Crippen LogP) is 3.55. The Balaban J connectivity index is 2.67. The SMILES string of the molecule is COc1cc(C)c(CCCCC#N)cc1C. The van der Waals surface area contributed by atoms with Crippen LogP contribution in [-0.2, 0) is 6.42 Å². The van der Waals surface area contributed by atoms with Gasteiger partial charge in [0.15, 0.2) is 0 Å². The smallest absolute Gasteiger partial charge is 0.122 e. The Morgan fingerprint density at radius 2 is 1.94 bits per heavy atom.